The molecule has 0 saturated carbocycles. The van der Waals surface area contributed by atoms with Crippen LogP contribution >= 0.6 is 23.4 Å². The molecule has 4 aromatic rings. The number of thioether (sulfide) groups is 1. The third-order valence-corrected chi connectivity index (χ3v) is 5.62. The fourth-order valence-electron chi connectivity index (χ4n) is 2.98. The molecule has 30 heavy (non-hydrogen) atoms. The van der Waals surface area contributed by atoms with E-state index in [1.807, 2.05) is 30.3 Å². The smallest absolute Gasteiger partial charge is 0.262 e. The number of aromatic nitrogens is 4. The Morgan fingerprint density at radius 3 is 2.80 bits per heavy atom. The van der Waals surface area contributed by atoms with Crippen molar-refractivity contribution in [1.82, 2.24) is 19.7 Å². The monoisotopic (exact) mass is 442 g/mol. The molecule has 0 unspecified atom stereocenters. The fourth-order valence-corrected chi connectivity index (χ4v) is 4.01. The Kier molecular flexibility index (Phi) is 6.47. The van der Waals surface area contributed by atoms with Gasteiger partial charge >= 0.3 is 0 Å². The van der Waals surface area contributed by atoms with Gasteiger partial charge in [0.15, 0.2) is 5.16 Å². The Bertz CT molecular complexity index is 1210. The molecule has 2 aromatic heterocycles. The maximum absolute atomic E-state index is 13.0. The van der Waals surface area contributed by atoms with E-state index in [0.717, 1.165) is 5.56 Å². The number of nitrogens with zero attached hydrogens (tertiary/aromatic N) is 4. The zero-order chi connectivity index (χ0) is 20.9. The molecule has 2 aromatic carbocycles. The van der Waals surface area contributed by atoms with Gasteiger partial charge in [-0.1, -0.05) is 41.6 Å². The lowest BCUT2D eigenvalue weighted by atomic mass is 10.2. The van der Waals surface area contributed by atoms with Crippen LogP contribution in [0, 0.1) is 0 Å². The minimum absolute atomic E-state index is 0.106. The van der Waals surface area contributed by atoms with E-state index < -0.39 is 0 Å². The van der Waals surface area contributed by atoms with Crippen LogP contribution in [0.1, 0.15) is 12.3 Å². The first-order valence-electron chi connectivity index (χ1n) is 9.35. The lowest BCUT2D eigenvalue weighted by Gasteiger charge is -2.12. The number of methoxy groups -OCH3 is 1. The van der Waals surface area contributed by atoms with Crippen LogP contribution in [0.15, 0.2) is 62.9 Å². The molecular formula is C21H19ClN4O3S. The van der Waals surface area contributed by atoms with Crippen molar-refractivity contribution < 1.29 is 9.15 Å². The van der Waals surface area contributed by atoms with Crippen LogP contribution in [0.2, 0.25) is 5.02 Å². The predicted octanol–water partition coefficient (Wildman–Crippen LogP) is 4.43. The number of fused-ring (bicyclic) bond motifs is 1. The summed E-state index contributed by atoms with van der Waals surface area (Å²) < 4.78 is 12.6. The standard InChI is InChI=1S/C21H19ClN4O3S/c1-28-11-5-10-26-20(27)16-9-8-15(22)12-17(16)23-21(26)30-13-18-24-25-19(29-18)14-6-3-2-4-7-14/h2-4,6-9,12H,5,10-11,13H2,1H3. The minimum Gasteiger partial charge on any atom is -0.420 e. The molecule has 9 heteroatoms. The molecule has 0 aliphatic rings. The summed E-state index contributed by atoms with van der Waals surface area (Å²) in [7, 11) is 1.64. The Morgan fingerprint density at radius 2 is 2.00 bits per heavy atom. The lowest BCUT2D eigenvalue weighted by molar-refractivity contribution is 0.189. The van der Waals surface area contributed by atoms with Crippen molar-refractivity contribution in [3.63, 3.8) is 0 Å². The molecule has 4 rings (SSSR count). The van der Waals surface area contributed by atoms with Gasteiger partial charge in [-0.3, -0.25) is 9.36 Å². The third kappa shape index (κ3) is 4.56. The summed E-state index contributed by atoms with van der Waals surface area (Å²) in [5.74, 6) is 1.31. The van der Waals surface area contributed by atoms with Crippen molar-refractivity contribution in [3.05, 3.63) is 69.8 Å². The molecule has 0 radical (unpaired) electrons. The SMILES string of the molecule is COCCCn1c(SCc2nnc(-c3ccccc3)o2)nc2cc(Cl)ccc2c1=O. The zero-order valence-electron chi connectivity index (χ0n) is 16.2. The molecule has 0 N–H and O–H groups in total. The molecule has 0 saturated heterocycles. The second-order valence-corrected chi connectivity index (χ2v) is 7.89. The number of hydrogen-bond acceptors (Lipinski definition) is 7. The number of rotatable bonds is 8. The van der Waals surface area contributed by atoms with Gasteiger partial charge in [-0.15, -0.1) is 10.2 Å². The predicted molar refractivity (Wildman–Crippen MR) is 117 cm³/mol. The van der Waals surface area contributed by atoms with Crippen molar-refractivity contribution in [2.45, 2.75) is 23.9 Å². The van der Waals surface area contributed by atoms with Crippen LogP contribution in [-0.4, -0.2) is 33.5 Å². The van der Waals surface area contributed by atoms with E-state index >= 15 is 0 Å². The van der Waals surface area contributed by atoms with Crippen LogP contribution in [0.4, 0.5) is 0 Å². The Balaban J connectivity index is 1.61. The molecular weight excluding hydrogens is 424 g/mol. The Labute approximate surface area is 182 Å². The van der Waals surface area contributed by atoms with Gasteiger partial charge in [-0.2, -0.15) is 0 Å². The van der Waals surface area contributed by atoms with Crippen molar-refractivity contribution in [2.75, 3.05) is 13.7 Å². The summed E-state index contributed by atoms with van der Waals surface area (Å²) in [5.41, 5.74) is 1.32. The van der Waals surface area contributed by atoms with Crippen LogP contribution < -0.4 is 5.56 Å². The first kappa shape index (κ1) is 20.6. The minimum atomic E-state index is -0.106. The maximum Gasteiger partial charge on any atom is 0.262 e. The molecule has 0 fully saturated rings. The highest BCUT2D eigenvalue weighted by Crippen LogP contribution is 2.25. The van der Waals surface area contributed by atoms with E-state index in [0.29, 0.717) is 58.2 Å². The second kappa shape index (κ2) is 9.42. The number of hydrogen-bond donors (Lipinski definition) is 0. The summed E-state index contributed by atoms with van der Waals surface area (Å²) >= 11 is 7.47. The Hall–Kier alpha value is -2.68. The van der Waals surface area contributed by atoms with E-state index in [-0.39, 0.29) is 5.56 Å². The average molecular weight is 443 g/mol. The highest BCUT2D eigenvalue weighted by Gasteiger charge is 2.14. The average Bonchev–Trinajstić information content (AvgIpc) is 3.23. The highest BCUT2D eigenvalue weighted by atomic mass is 35.5. The summed E-state index contributed by atoms with van der Waals surface area (Å²) in [5, 5.41) is 9.87. The molecule has 0 spiro atoms. The number of ether oxygens (including phenoxy) is 1. The first-order chi connectivity index (χ1) is 14.7. The fraction of sp³-hybridized carbons (Fsp3) is 0.238. The Morgan fingerprint density at radius 1 is 1.17 bits per heavy atom. The normalized spacial score (nSPS) is 11.3. The third-order valence-electron chi connectivity index (χ3n) is 4.42. The maximum atomic E-state index is 13.0. The van der Waals surface area contributed by atoms with Gasteiger partial charge in [-0.25, -0.2) is 4.98 Å². The van der Waals surface area contributed by atoms with E-state index in [2.05, 4.69) is 15.2 Å². The van der Waals surface area contributed by atoms with Crippen molar-refractivity contribution >= 4 is 34.3 Å². The van der Waals surface area contributed by atoms with Crippen LogP contribution in [0.25, 0.3) is 22.4 Å². The van der Waals surface area contributed by atoms with E-state index in [4.69, 9.17) is 20.8 Å². The van der Waals surface area contributed by atoms with Gasteiger partial charge in [0, 0.05) is 30.8 Å². The quantitative estimate of drug-likeness (QED) is 0.227. The molecule has 0 aliphatic carbocycles. The van der Waals surface area contributed by atoms with Crippen molar-refractivity contribution in [1.29, 1.82) is 0 Å². The van der Waals surface area contributed by atoms with Gasteiger partial charge < -0.3 is 9.15 Å². The van der Waals surface area contributed by atoms with Crippen LogP contribution in [-0.2, 0) is 17.0 Å². The summed E-state index contributed by atoms with van der Waals surface area (Å²) in [6.07, 6.45) is 0.698. The van der Waals surface area contributed by atoms with Crippen LogP contribution in [0.3, 0.4) is 0 Å². The van der Waals surface area contributed by atoms with Gasteiger partial charge in [0.1, 0.15) is 0 Å². The van der Waals surface area contributed by atoms with E-state index in [9.17, 15) is 4.79 Å². The number of halogens is 1. The van der Waals surface area contributed by atoms with Crippen molar-refractivity contribution in [2.24, 2.45) is 0 Å². The van der Waals surface area contributed by atoms with Gasteiger partial charge in [0.05, 0.1) is 16.7 Å². The molecule has 0 amide bonds. The van der Waals surface area contributed by atoms with Crippen molar-refractivity contribution in [3.8, 4) is 11.5 Å². The number of benzene rings is 2. The van der Waals surface area contributed by atoms with E-state index in [1.165, 1.54) is 11.8 Å². The zero-order valence-corrected chi connectivity index (χ0v) is 17.8. The van der Waals surface area contributed by atoms with Gasteiger partial charge in [0.2, 0.25) is 11.8 Å². The summed E-state index contributed by atoms with van der Waals surface area (Å²) in [6, 6.07) is 14.7. The second-order valence-electron chi connectivity index (χ2n) is 6.51. The molecule has 7 nitrogen and oxygen atoms in total. The molecule has 154 valence electrons. The molecule has 0 atom stereocenters. The van der Waals surface area contributed by atoms with Gasteiger partial charge in [-0.05, 0) is 36.8 Å². The summed E-state index contributed by atoms with van der Waals surface area (Å²) in [4.78, 5) is 17.7. The summed E-state index contributed by atoms with van der Waals surface area (Å²) in [6.45, 7) is 1.05. The molecule has 0 aliphatic heterocycles. The lowest BCUT2D eigenvalue weighted by Crippen LogP contribution is -2.24. The highest BCUT2D eigenvalue weighted by molar-refractivity contribution is 7.98. The first-order valence-corrected chi connectivity index (χ1v) is 10.7. The topological polar surface area (TPSA) is 83.0 Å². The van der Waals surface area contributed by atoms with E-state index in [1.54, 1.807) is 29.9 Å². The largest absolute Gasteiger partial charge is 0.420 e. The van der Waals surface area contributed by atoms with Crippen LogP contribution in [0.5, 0.6) is 0 Å². The molecule has 2 heterocycles. The molecule has 0 bridgehead atoms. The van der Waals surface area contributed by atoms with Gasteiger partial charge in [0.25, 0.3) is 5.56 Å².